The van der Waals surface area contributed by atoms with E-state index in [0.717, 1.165) is 23.6 Å². The van der Waals surface area contributed by atoms with Crippen LogP contribution in [0.4, 0.5) is 13.2 Å². The number of aryl methyl sites for hydroxylation is 2. The molecule has 3 rings (SSSR count). The van der Waals surface area contributed by atoms with Gasteiger partial charge in [0.25, 0.3) is 5.76 Å². The van der Waals surface area contributed by atoms with Crippen LogP contribution >= 0.6 is 0 Å². The number of esters is 1. The van der Waals surface area contributed by atoms with E-state index in [4.69, 9.17) is 18.6 Å². The highest BCUT2D eigenvalue weighted by atomic mass is 19.4. The Balaban J connectivity index is 1.98. The van der Waals surface area contributed by atoms with Gasteiger partial charge in [-0.3, -0.25) is 4.79 Å². The molecule has 0 spiro atoms. The quantitative estimate of drug-likeness (QED) is 0.278. The predicted octanol–water partition coefficient (Wildman–Crippen LogP) is 6.33. The summed E-state index contributed by atoms with van der Waals surface area (Å²) in [5, 5.41) is -0.127. The second-order valence-electron chi connectivity index (χ2n) is 7.95. The van der Waals surface area contributed by atoms with E-state index in [1.165, 1.54) is 31.2 Å². The standard InChI is InChI=1S/C25H25F3O6/c1-5-6-9-31-24(30)16(4)32-17-7-8-19-20(13-17)34-23(25(26,27)28)22(21(19)29)33-18-11-14(2)10-15(3)12-18/h7-8,10-13,16H,5-6,9H2,1-4H3. The molecule has 1 heterocycles. The smallest absolute Gasteiger partial charge is 0.453 e. The molecule has 0 saturated heterocycles. The van der Waals surface area contributed by atoms with Gasteiger partial charge in [0.1, 0.15) is 17.1 Å². The molecule has 182 valence electrons. The Bertz CT molecular complexity index is 1230. The van der Waals surface area contributed by atoms with E-state index in [0.29, 0.717) is 6.42 Å². The van der Waals surface area contributed by atoms with Crippen molar-refractivity contribution in [1.82, 2.24) is 0 Å². The maximum absolute atomic E-state index is 13.8. The van der Waals surface area contributed by atoms with E-state index < -0.39 is 35.2 Å². The maximum Gasteiger partial charge on any atom is 0.453 e. The Morgan fingerprint density at radius 1 is 1.06 bits per heavy atom. The summed E-state index contributed by atoms with van der Waals surface area (Å²) < 4.78 is 62.4. The SMILES string of the molecule is CCCCOC(=O)C(C)Oc1ccc2c(=O)c(Oc3cc(C)cc(C)c3)c(C(F)(F)F)oc2c1. The first-order valence-corrected chi connectivity index (χ1v) is 10.8. The van der Waals surface area contributed by atoms with Crippen molar-refractivity contribution in [3.8, 4) is 17.2 Å². The molecule has 1 unspecified atom stereocenters. The summed E-state index contributed by atoms with van der Waals surface area (Å²) in [5.74, 6) is -2.99. The summed E-state index contributed by atoms with van der Waals surface area (Å²) in [5.41, 5.74) is 0.191. The summed E-state index contributed by atoms with van der Waals surface area (Å²) in [7, 11) is 0. The number of carbonyl (C=O) groups is 1. The van der Waals surface area contributed by atoms with Gasteiger partial charge >= 0.3 is 12.1 Å². The number of halogens is 3. The van der Waals surface area contributed by atoms with Crippen LogP contribution in [0.2, 0.25) is 0 Å². The Morgan fingerprint density at radius 2 is 1.74 bits per heavy atom. The van der Waals surface area contributed by atoms with Gasteiger partial charge in [0.2, 0.25) is 11.2 Å². The predicted molar refractivity (Wildman–Crippen MR) is 119 cm³/mol. The lowest BCUT2D eigenvalue weighted by molar-refractivity contribution is -0.154. The molecular weight excluding hydrogens is 453 g/mol. The zero-order chi connectivity index (χ0) is 25.0. The van der Waals surface area contributed by atoms with Gasteiger partial charge in [-0.25, -0.2) is 4.79 Å². The van der Waals surface area contributed by atoms with Crippen LogP contribution < -0.4 is 14.9 Å². The maximum atomic E-state index is 13.8. The second kappa shape index (κ2) is 10.2. The minimum atomic E-state index is -4.99. The van der Waals surface area contributed by atoms with Crippen molar-refractivity contribution in [3.63, 3.8) is 0 Å². The molecule has 0 saturated carbocycles. The fourth-order valence-electron chi connectivity index (χ4n) is 3.31. The first-order chi connectivity index (χ1) is 16.0. The normalized spacial score (nSPS) is 12.4. The average Bonchev–Trinajstić information content (AvgIpc) is 2.74. The van der Waals surface area contributed by atoms with Gasteiger partial charge in [0, 0.05) is 6.07 Å². The number of rotatable bonds is 8. The molecule has 2 aromatic carbocycles. The van der Waals surface area contributed by atoms with Crippen molar-refractivity contribution in [1.29, 1.82) is 0 Å². The number of hydrogen-bond acceptors (Lipinski definition) is 6. The average molecular weight is 478 g/mol. The van der Waals surface area contributed by atoms with Crippen LogP contribution in [0.3, 0.4) is 0 Å². The van der Waals surface area contributed by atoms with E-state index in [-0.39, 0.29) is 29.1 Å². The van der Waals surface area contributed by atoms with Crippen molar-refractivity contribution in [2.45, 2.75) is 52.8 Å². The number of benzene rings is 2. The Labute approximate surface area is 194 Å². The molecule has 3 aromatic rings. The van der Waals surface area contributed by atoms with Crippen LogP contribution in [0.1, 0.15) is 43.6 Å². The van der Waals surface area contributed by atoms with Crippen LogP contribution in [-0.4, -0.2) is 18.7 Å². The van der Waals surface area contributed by atoms with Gasteiger partial charge < -0.3 is 18.6 Å². The lowest BCUT2D eigenvalue weighted by atomic mass is 10.1. The van der Waals surface area contributed by atoms with E-state index in [9.17, 15) is 22.8 Å². The van der Waals surface area contributed by atoms with Crippen LogP contribution in [0, 0.1) is 13.8 Å². The van der Waals surface area contributed by atoms with Gasteiger partial charge in [-0.2, -0.15) is 13.2 Å². The largest absolute Gasteiger partial charge is 0.479 e. The fourth-order valence-corrected chi connectivity index (χ4v) is 3.31. The van der Waals surface area contributed by atoms with Crippen LogP contribution in [0.5, 0.6) is 17.2 Å². The highest BCUT2D eigenvalue weighted by Gasteiger charge is 2.40. The number of alkyl halides is 3. The molecule has 34 heavy (non-hydrogen) atoms. The van der Waals surface area contributed by atoms with Crippen molar-refractivity contribution < 1.29 is 36.6 Å². The number of ether oxygens (including phenoxy) is 3. The van der Waals surface area contributed by atoms with Crippen molar-refractivity contribution >= 4 is 16.9 Å². The molecule has 1 atom stereocenters. The highest BCUT2D eigenvalue weighted by Crippen LogP contribution is 2.39. The summed E-state index contributed by atoms with van der Waals surface area (Å²) in [6, 6.07) is 8.62. The fraction of sp³-hybridized carbons (Fsp3) is 0.360. The molecule has 0 fully saturated rings. The van der Waals surface area contributed by atoms with E-state index in [1.807, 2.05) is 13.0 Å². The molecule has 0 N–H and O–H groups in total. The lowest BCUT2D eigenvalue weighted by Crippen LogP contribution is -2.26. The van der Waals surface area contributed by atoms with Crippen LogP contribution in [-0.2, 0) is 15.7 Å². The number of hydrogen-bond donors (Lipinski definition) is 0. The van der Waals surface area contributed by atoms with E-state index >= 15 is 0 Å². The molecule has 0 aliphatic rings. The molecule has 0 amide bonds. The molecule has 6 nitrogen and oxygen atoms in total. The summed E-state index contributed by atoms with van der Waals surface area (Å²) in [6.45, 7) is 7.17. The number of unbranched alkanes of at least 4 members (excludes halogenated alkanes) is 1. The zero-order valence-electron chi connectivity index (χ0n) is 19.2. The van der Waals surface area contributed by atoms with Crippen LogP contribution in [0.15, 0.2) is 45.6 Å². The number of fused-ring (bicyclic) bond motifs is 1. The first-order valence-electron chi connectivity index (χ1n) is 10.8. The molecule has 9 heteroatoms. The second-order valence-corrected chi connectivity index (χ2v) is 7.95. The summed E-state index contributed by atoms with van der Waals surface area (Å²) in [4.78, 5) is 25.0. The summed E-state index contributed by atoms with van der Waals surface area (Å²) in [6.07, 6.45) is -4.44. The molecule has 0 aliphatic carbocycles. The van der Waals surface area contributed by atoms with Crippen LogP contribution in [0.25, 0.3) is 11.0 Å². The van der Waals surface area contributed by atoms with Gasteiger partial charge in [-0.15, -0.1) is 0 Å². The van der Waals surface area contributed by atoms with E-state index in [1.54, 1.807) is 13.8 Å². The third-order valence-corrected chi connectivity index (χ3v) is 4.88. The third-order valence-electron chi connectivity index (χ3n) is 4.88. The van der Waals surface area contributed by atoms with Gasteiger partial charge in [0.15, 0.2) is 6.10 Å². The Kier molecular flexibility index (Phi) is 7.54. The monoisotopic (exact) mass is 478 g/mol. The van der Waals surface area contributed by atoms with Crippen molar-refractivity contribution in [2.24, 2.45) is 0 Å². The Hall–Kier alpha value is -3.49. The minimum absolute atomic E-state index is 0.0479. The topological polar surface area (TPSA) is 75.0 Å². The van der Waals surface area contributed by atoms with Crippen molar-refractivity contribution in [3.05, 3.63) is 63.5 Å². The first kappa shape index (κ1) is 25.1. The molecule has 0 bridgehead atoms. The van der Waals surface area contributed by atoms with E-state index in [2.05, 4.69) is 0 Å². The van der Waals surface area contributed by atoms with Crippen molar-refractivity contribution in [2.75, 3.05) is 6.61 Å². The van der Waals surface area contributed by atoms with Gasteiger partial charge in [0.05, 0.1) is 12.0 Å². The Morgan fingerprint density at radius 3 is 2.35 bits per heavy atom. The van der Waals surface area contributed by atoms with Gasteiger partial charge in [-0.1, -0.05) is 19.4 Å². The lowest BCUT2D eigenvalue weighted by Gasteiger charge is -2.16. The van der Waals surface area contributed by atoms with Gasteiger partial charge in [-0.05, 0) is 62.6 Å². The minimum Gasteiger partial charge on any atom is -0.479 e. The molecule has 1 aromatic heterocycles. The summed E-state index contributed by atoms with van der Waals surface area (Å²) >= 11 is 0. The highest BCUT2D eigenvalue weighted by molar-refractivity contribution is 5.80. The molecule has 0 radical (unpaired) electrons. The third kappa shape index (κ3) is 5.89. The zero-order valence-corrected chi connectivity index (χ0v) is 19.2. The number of carbonyl (C=O) groups excluding carboxylic acids is 1. The molecular formula is C25H25F3O6. The molecule has 0 aliphatic heterocycles.